The number of hydrogen-bond acceptors (Lipinski definition) is 9. The summed E-state index contributed by atoms with van der Waals surface area (Å²) < 4.78 is 37.0. The monoisotopic (exact) mass is 562 g/mol. The van der Waals surface area contributed by atoms with E-state index in [2.05, 4.69) is 37.1 Å². The number of carbonyl (C=O) groups excluding carboxylic acids is 1. The average Bonchev–Trinajstić information content (AvgIpc) is 2.98. The maximum Gasteiger partial charge on any atom is 0.283 e. The number of hydrogen-bond donors (Lipinski definition) is 2. The first-order chi connectivity index (χ1) is 19.9. The van der Waals surface area contributed by atoms with E-state index in [-0.39, 0.29) is 34.3 Å². The minimum absolute atomic E-state index is 0.0502. The van der Waals surface area contributed by atoms with E-state index in [4.69, 9.17) is 4.74 Å². The fraction of sp³-hybridized carbons (Fsp3) is 0.250. The Labute approximate surface area is 234 Å². The molecule has 13 heteroatoms. The van der Waals surface area contributed by atoms with Crippen LogP contribution in [0.3, 0.4) is 0 Å². The van der Waals surface area contributed by atoms with Gasteiger partial charge in [0.05, 0.1) is 23.7 Å². The SMILES string of the molecule is C=CC(=O)Nc1cccc(-n2cnc(=O)c3cnc(Nc4cc(F)c(N5CCN(CCOC)CC5)cc4F)nc32)c1. The fourth-order valence-corrected chi connectivity index (χ4v) is 4.55. The Balaban J connectivity index is 1.41. The van der Waals surface area contributed by atoms with Gasteiger partial charge in [-0.3, -0.25) is 19.1 Å². The summed E-state index contributed by atoms with van der Waals surface area (Å²) in [6.45, 7) is 7.40. The highest BCUT2D eigenvalue weighted by Gasteiger charge is 2.22. The standard InChI is InChI=1S/C28H28F2N8O3/c1-3-25(39)33-18-5-4-6-19(13-18)38-17-32-27(40)20-16-31-28(35-26(20)38)34-23-14-22(30)24(15-21(23)29)37-9-7-36(8-10-37)11-12-41-2/h3-6,13-17H,1,7-12H2,2H3,(H,33,39)(H,31,34,35). The molecule has 1 amide bonds. The Hall–Kier alpha value is -4.75. The first-order valence-corrected chi connectivity index (χ1v) is 12.9. The number of aromatic nitrogens is 4. The average molecular weight is 563 g/mol. The van der Waals surface area contributed by atoms with Crippen LogP contribution in [0.5, 0.6) is 0 Å². The van der Waals surface area contributed by atoms with Gasteiger partial charge in [-0.25, -0.2) is 13.8 Å². The van der Waals surface area contributed by atoms with Crippen LogP contribution in [-0.4, -0.2) is 76.8 Å². The van der Waals surface area contributed by atoms with Gasteiger partial charge in [0.15, 0.2) is 5.65 Å². The lowest BCUT2D eigenvalue weighted by Gasteiger charge is -2.36. The number of anilines is 4. The maximum absolute atomic E-state index is 15.2. The van der Waals surface area contributed by atoms with E-state index in [1.54, 1.807) is 31.4 Å². The van der Waals surface area contributed by atoms with Crippen LogP contribution in [0.15, 0.2) is 66.4 Å². The van der Waals surface area contributed by atoms with Crippen molar-refractivity contribution in [1.29, 1.82) is 0 Å². The molecule has 212 valence electrons. The molecule has 1 aliphatic heterocycles. The molecule has 11 nitrogen and oxygen atoms in total. The minimum atomic E-state index is -0.676. The Morgan fingerprint density at radius 2 is 1.93 bits per heavy atom. The van der Waals surface area contributed by atoms with Gasteiger partial charge < -0.3 is 20.3 Å². The molecule has 5 rings (SSSR count). The molecule has 1 saturated heterocycles. The van der Waals surface area contributed by atoms with Gasteiger partial charge in [-0.15, -0.1) is 0 Å². The normalized spacial score (nSPS) is 13.8. The Morgan fingerprint density at radius 3 is 2.68 bits per heavy atom. The molecule has 0 atom stereocenters. The molecule has 0 unspecified atom stereocenters. The summed E-state index contributed by atoms with van der Waals surface area (Å²) in [6, 6.07) is 9.01. The lowest BCUT2D eigenvalue weighted by molar-refractivity contribution is -0.111. The van der Waals surface area contributed by atoms with E-state index < -0.39 is 17.2 Å². The van der Waals surface area contributed by atoms with E-state index in [1.165, 1.54) is 17.1 Å². The molecular formula is C28H28F2N8O3. The number of ether oxygens (including phenoxy) is 1. The molecule has 2 aromatic carbocycles. The maximum atomic E-state index is 15.2. The van der Waals surface area contributed by atoms with Crippen molar-refractivity contribution in [3.8, 4) is 5.69 Å². The summed E-state index contributed by atoms with van der Waals surface area (Å²) in [5.74, 6) is -1.70. The van der Waals surface area contributed by atoms with Crippen LogP contribution in [0.1, 0.15) is 0 Å². The van der Waals surface area contributed by atoms with Gasteiger partial charge in [-0.05, 0) is 24.3 Å². The van der Waals surface area contributed by atoms with Crippen molar-refractivity contribution in [3.63, 3.8) is 0 Å². The van der Waals surface area contributed by atoms with E-state index in [1.807, 2.05) is 4.90 Å². The quantitative estimate of drug-likeness (QED) is 0.297. The predicted molar refractivity (Wildman–Crippen MR) is 152 cm³/mol. The topological polar surface area (TPSA) is 118 Å². The van der Waals surface area contributed by atoms with Crippen LogP contribution in [-0.2, 0) is 9.53 Å². The highest BCUT2D eigenvalue weighted by molar-refractivity contribution is 5.99. The summed E-state index contributed by atoms with van der Waals surface area (Å²) in [7, 11) is 1.65. The van der Waals surface area contributed by atoms with E-state index in [0.29, 0.717) is 31.1 Å². The number of amides is 1. The van der Waals surface area contributed by atoms with Gasteiger partial charge in [-0.2, -0.15) is 9.97 Å². The number of benzene rings is 2. The summed E-state index contributed by atoms with van der Waals surface area (Å²) in [4.78, 5) is 40.6. The molecule has 0 radical (unpaired) electrons. The van der Waals surface area contributed by atoms with E-state index in [0.717, 1.165) is 37.8 Å². The van der Waals surface area contributed by atoms with Crippen molar-refractivity contribution < 1.29 is 18.3 Å². The molecule has 0 aliphatic carbocycles. The van der Waals surface area contributed by atoms with Crippen molar-refractivity contribution in [3.05, 3.63) is 83.6 Å². The van der Waals surface area contributed by atoms with E-state index in [9.17, 15) is 9.59 Å². The zero-order valence-corrected chi connectivity index (χ0v) is 22.3. The second-order valence-corrected chi connectivity index (χ2v) is 9.32. The first-order valence-electron chi connectivity index (χ1n) is 12.9. The number of halogens is 2. The van der Waals surface area contributed by atoms with Crippen molar-refractivity contribution in [2.75, 3.05) is 62.0 Å². The Kier molecular flexibility index (Phi) is 8.26. The summed E-state index contributed by atoms with van der Waals surface area (Å²) in [5.41, 5.74) is 0.684. The lowest BCUT2D eigenvalue weighted by Crippen LogP contribution is -2.47. The number of methoxy groups -OCH3 is 1. The molecule has 0 saturated carbocycles. The Morgan fingerprint density at radius 1 is 1.12 bits per heavy atom. The van der Waals surface area contributed by atoms with Crippen molar-refractivity contribution >= 4 is 40.0 Å². The third-order valence-electron chi connectivity index (χ3n) is 6.70. The van der Waals surface area contributed by atoms with Crippen LogP contribution < -0.4 is 21.1 Å². The summed E-state index contributed by atoms with van der Waals surface area (Å²) in [6.07, 6.45) is 3.71. The van der Waals surface area contributed by atoms with Crippen LogP contribution >= 0.6 is 0 Å². The van der Waals surface area contributed by atoms with Crippen LogP contribution in [0.25, 0.3) is 16.7 Å². The first kappa shape index (κ1) is 27.8. The van der Waals surface area contributed by atoms with Gasteiger partial charge in [0.1, 0.15) is 23.3 Å². The summed E-state index contributed by atoms with van der Waals surface area (Å²) in [5, 5.41) is 5.51. The number of piperazine rings is 1. The van der Waals surface area contributed by atoms with Gasteiger partial charge in [0.2, 0.25) is 11.9 Å². The van der Waals surface area contributed by atoms with Crippen LogP contribution in [0, 0.1) is 11.6 Å². The van der Waals surface area contributed by atoms with Gasteiger partial charge in [0, 0.05) is 63.9 Å². The molecule has 0 bridgehead atoms. The highest BCUT2D eigenvalue weighted by atomic mass is 19.1. The number of rotatable bonds is 9. The van der Waals surface area contributed by atoms with Crippen molar-refractivity contribution in [1.82, 2.24) is 24.4 Å². The molecule has 1 fully saturated rings. The lowest BCUT2D eigenvalue weighted by atomic mass is 10.2. The number of nitrogens with zero attached hydrogens (tertiary/aromatic N) is 6. The molecule has 4 aromatic rings. The van der Waals surface area contributed by atoms with E-state index >= 15 is 8.78 Å². The second-order valence-electron chi connectivity index (χ2n) is 9.32. The summed E-state index contributed by atoms with van der Waals surface area (Å²) >= 11 is 0. The molecule has 3 heterocycles. The van der Waals surface area contributed by atoms with Crippen LogP contribution in [0.4, 0.5) is 31.8 Å². The van der Waals surface area contributed by atoms with Gasteiger partial charge >= 0.3 is 0 Å². The van der Waals surface area contributed by atoms with Crippen LogP contribution in [0.2, 0.25) is 0 Å². The third-order valence-corrected chi connectivity index (χ3v) is 6.70. The zero-order chi connectivity index (χ0) is 28.9. The van der Waals surface area contributed by atoms with Crippen molar-refractivity contribution in [2.24, 2.45) is 0 Å². The fourth-order valence-electron chi connectivity index (χ4n) is 4.55. The molecule has 1 aliphatic rings. The number of carbonyl (C=O) groups is 1. The zero-order valence-electron chi connectivity index (χ0n) is 22.3. The minimum Gasteiger partial charge on any atom is -0.383 e. The third kappa shape index (κ3) is 6.21. The second kappa shape index (κ2) is 12.2. The number of nitrogens with one attached hydrogen (secondary N) is 2. The molecule has 41 heavy (non-hydrogen) atoms. The van der Waals surface area contributed by atoms with Gasteiger partial charge in [0.25, 0.3) is 5.56 Å². The number of fused-ring (bicyclic) bond motifs is 1. The van der Waals surface area contributed by atoms with Gasteiger partial charge in [-0.1, -0.05) is 12.6 Å². The molecule has 0 spiro atoms. The predicted octanol–water partition coefficient (Wildman–Crippen LogP) is 3.09. The molecule has 2 aromatic heterocycles. The highest BCUT2D eigenvalue weighted by Crippen LogP contribution is 2.29. The van der Waals surface area contributed by atoms with Crippen molar-refractivity contribution in [2.45, 2.75) is 0 Å². The smallest absolute Gasteiger partial charge is 0.283 e. The largest absolute Gasteiger partial charge is 0.383 e. The molecular weight excluding hydrogens is 534 g/mol. The molecule has 2 N–H and O–H groups in total. The Bertz CT molecular complexity index is 1650.